The van der Waals surface area contributed by atoms with Crippen LogP contribution in [-0.4, -0.2) is 25.1 Å². The fraction of sp³-hybridized carbons (Fsp3) is 0.222. The van der Waals surface area contributed by atoms with Gasteiger partial charge in [0.05, 0.1) is 10.6 Å². The van der Waals surface area contributed by atoms with Crippen LogP contribution >= 0.6 is 0 Å². The summed E-state index contributed by atoms with van der Waals surface area (Å²) in [6.07, 6.45) is 0. The van der Waals surface area contributed by atoms with Crippen LogP contribution in [0.3, 0.4) is 0 Å². The van der Waals surface area contributed by atoms with Gasteiger partial charge in [-0.25, -0.2) is 8.42 Å². The van der Waals surface area contributed by atoms with E-state index < -0.39 is 27.5 Å². The molecule has 0 saturated heterocycles. The van der Waals surface area contributed by atoms with E-state index >= 15 is 0 Å². The predicted molar refractivity (Wildman–Crippen MR) is 94.2 cm³/mol. The molecule has 2 N–H and O–H groups in total. The van der Waals surface area contributed by atoms with Crippen molar-refractivity contribution in [3.8, 4) is 5.75 Å². The highest BCUT2D eigenvalue weighted by atomic mass is 32.2. The van der Waals surface area contributed by atoms with Crippen molar-refractivity contribution in [3.05, 3.63) is 53.6 Å². The first-order valence-electron chi connectivity index (χ1n) is 7.55. The molecule has 2 aromatic carbocycles. The molecule has 0 aliphatic heterocycles. The van der Waals surface area contributed by atoms with Gasteiger partial charge in [-0.15, -0.1) is 0 Å². The minimum Gasteiger partial charge on any atom is -0.508 e. The summed E-state index contributed by atoms with van der Waals surface area (Å²) in [5.41, 5.74) is 1.21. The van der Waals surface area contributed by atoms with Crippen molar-refractivity contribution >= 4 is 27.3 Å². The third kappa shape index (κ3) is 4.24. The van der Waals surface area contributed by atoms with Crippen molar-refractivity contribution in [2.24, 2.45) is 0 Å². The Morgan fingerprint density at radius 2 is 1.56 bits per heavy atom. The standard InChI is InChI=1S/C18H19NO5S/c1-11-4-7-15(8-5-11)25(23,24)19-14-6-9-16(17(22)10-14)18(12(2)20)13(3)21/h4-10,18-19,22H,1-3H3. The van der Waals surface area contributed by atoms with Gasteiger partial charge in [0, 0.05) is 11.6 Å². The van der Waals surface area contributed by atoms with E-state index in [0.717, 1.165) is 5.56 Å². The number of hydrogen-bond acceptors (Lipinski definition) is 5. The summed E-state index contributed by atoms with van der Waals surface area (Å²) in [7, 11) is -3.81. The van der Waals surface area contributed by atoms with Crippen molar-refractivity contribution in [3.63, 3.8) is 0 Å². The lowest BCUT2D eigenvalue weighted by atomic mass is 9.91. The lowest BCUT2D eigenvalue weighted by molar-refractivity contribution is -0.126. The maximum Gasteiger partial charge on any atom is 0.261 e. The molecule has 0 aromatic heterocycles. The summed E-state index contributed by atoms with van der Waals surface area (Å²) < 4.78 is 27.1. The molecule has 0 spiro atoms. The topological polar surface area (TPSA) is 101 Å². The second-order valence-electron chi connectivity index (χ2n) is 5.85. The minimum absolute atomic E-state index is 0.0898. The molecule has 0 bridgehead atoms. The second kappa shape index (κ2) is 7.06. The predicted octanol–water partition coefficient (Wildman–Crippen LogP) is 2.76. The number of carbonyl (C=O) groups is 2. The van der Waals surface area contributed by atoms with Crippen LogP contribution < -0.4 is 4.72 Å². The molecule has 0 radical (unpaired) electrons. The normalized spacial score (nSPS) is 11.4. The zero-order valence-electron chi connectivity index (χ0n) is 14.1. The van der Waals surface area contributed by atoms with Crippen molar-refractivity contribution in [1.82, 2.24) is 0 Å². The summed E-state index contributed by atoms with van der Waals surface area (Å²) in [5, 5.41) is 10.1. The molecule has 2 rings (SSSR count). The van der Waals surface area contributed by atoms with Gasteiger partial charge in [0.15, 0.2) is 0 Å². The number of phenols is 1. The van der Waals surface area contributed by atoms with Gasteiger partial charge in [0.2, 0.25) is 0 Å². The highest BCUT2D eigenvalue weighted by Gasteiger charge is 2.25. The Morgan fingerprint density at radius 3 is 2.04 bits per heavy atom. The third-order valence-electron chi connectivity index (χ3n) is 3.74. The summed E-state index contributed by atoms with van der Waals surface area (Å²) in [6.45, 7) is 4.38. The number of carbonyl (C=O) groups excluding carboxylic acids is 2. The molecule has 2 aromatic rings. The van der Waals surface area contributed by atoms with Gasteiger partial charge in [0.1, 0.15) is 23.2 Å². The maximum absolute atomic E-state index is 12.4. The number of phenolic OH excluding ortho intramolecular Hbond substituents is 1. The highest BCUT2D eigenvalue weighted by Crippen LogP contribution is 2.31. The Kier molecular flexibility index (Phi) is 5.27. The minimum atomic E-state index is -3.81. The number of nitrogens with one attached hydrogen (secondary N) is 1. The quantitative estimate of drug-likeness (QED) is 0.771. The van der Waals surface area contributed by atoms with Crippen LogP contribution in [0, 0.1) is 6.92 Å². The molecule has 132 valence electrons. The molecule has 7 heteroatoms. The SMILES string of the molecule is CC(=O)C(C(C)=O)c1ccc(NS(=O)(=O)c2ccc(C)cc2)cc1O. The van der Waals surface area contributed by atoms with E-state index in [2.05, 4.69) is 4.72 Å². The van der Waals surface area contributed by atoms with Crippen molar-refractivity contribution in [1.29, 1.82) is 0 Å². The Hall–Kier alpha value is -2.67. The first-order valence-corrected chi connectivity index (χ1v) is 9.03. The third-order valence-corrected chi connectivity index (χ3v) is 5.14. The zero-order valence-corrected chi connectivity index (χ0v) is 14.9. The van der Waals surface area contributed by atoms with E-state index in [-0.39, 0.29) is 21.9 Å². The molecule has 0 aliphatic rings. The van der Waals surface area contributed by atoms with E-state index in [1.807, 2.05) is 6.92 Å². The maximum atomic E-state index is 12.4. The van der Waals surface area contributed by atoms with Gasteiger partial charge >= 0.3 is 0 Å². The number of hydrogen-bond donors (Lipinski definition) is 2. The fourth-order valence-electron chi connectivity index (χ4n) is 2.51. The fourth-order valence-corrected chi connectivity index (χ4v) is 3.56. The molecule has 0 aliphatic carbocycles. The van der Waals surface area contributed by atoms with E-state index in [1.165, 1.54) is 44.2 Å². The second-order valence-corrected chi connectivity index (χ2v) is 7.53. The van der Waals surface area contributed by atoms with Gasteiger partial charge in [0.25, 0.3) is 10.0 Å². The number of rotatable bonds is 6. The number of benzene rings is 2. The largest absolute Gasteiger partial charge is 0.508 e. The smallest absolute Gasteiger partial charge is 0.261 e. The molecule has 6 nitrogen and oxygen atoms in total. The molecule has 0 unspecified atom stereocenters. The number of Topliss-reactive ketones (excluding diaryl/α,β-unsaturated/α-hetero) is 2. The number of anilines is 1. The lowest BCUT2D eigenvalue weighted by Crippen LogP contribution is -2.17. The Balaban J connectivity index is 2.33. The summed E-state index contributed by atoms with van der Waals surface area (Å²) in [5.74, 6) is -2.17. The summed E-state index contributed by atoms with van der Waals surface area (Å²) in [4.78, 5) is 23.3. The van der Waals surface area contributed by atoms with E-state index in [1.54, 1.807) is 12.1 Å². The molecular formula is C18H19NO5S. The molecule has 25 heavy (non-hydrogen) atoms. The number of aryl methyl sites for hydroxylation is 1. The van der Waals surface area contributed by atoms with E-state index in [9.17, 15) is 23.1 Å². The van der Waals surface area contributed by atoms with Crippen molar-refractivity contribution < 1.29 is 23.1 Å². The number of ketones is 2. The Bertz CT molecular complexity index is 903. The summed E-state index contributed by atoms with van der Waals surface area (Å²) >= 11 is 0. The molecular weight excluding hydrogens is 342 g/mol. The van der Waals surface area contributed by atoms with Crippen LogP contribution in [0.1, 0.15) is 30.9 Å². The average Bonchev–Trinajstić information content (AvgIpc) is 2.49. The number of aromatic hydroxyl groups is 1. The van der Waals surface area contributed by atoms with Crippen molar-refractivity contribution in [2.75, 3.05) is 4.72 Å². The van der Waals surface area contributed by atoms with Gasteiger partial charge in [-0.1, -0.05) is 23.8 Å². The highest BCUT2D eigenvalue weighted by molar-refractivity contribution is 7.92. The van der Waals surface area contributed by atoms with Crippen LogP contribution in [-0.2, 0) is 19.6 Å². The molecule has 0 fully saturated rings. The first-order chi connectivity index (χ1) is 11.6. The molecule has 0 atom stereocenters. The van der Waals surface area contributed by atoms with Gasteiger partial charge in [-0.05, 0) is 39.0 Å². The molecule has 0 amide bonds. The molecule has 0 saturated carbocycles. The molecule has 0 heterocycles. The number of sulfonamides is 1. The van der Waals surface area contributed by atoms with Crippen LogP contribution in [0.15, 0.2) is 47.4 Å². The van der Waals surface area contributed by atoms with Crippen LogP contribution in [0.25, 0.3) is 0 Å². The van der Waals surface area contributed by atoms with Gasteiger partial charge in [-0.2, -0.15) is 0 Å². The van der Waals surface area contributed by atoms with Crippen LogP contribution in [0.5, 0.6) is 5.75 Å². The average molecular weight is 361 g/mol. The van der Waals surface area contributed by atoms with Crippen molar-refractivity contribution in [2.45, 2.75) is 31.6 Å². The Morgan fingerprint density at radius 1 is 1.00 bits per heavy atom. The summed E-state index contributed by atoms with van der Waals surface area (Å²) in [6, 6.07) is 10.3. The van der Waals surface area contributed by atoms with E-state index in [0.29, 0.717) is 0 Å². The monoisotopic (exact) mass is 361 g/mol. The van der Waals surface area contributed by atoms with E-state index in [4.69, 9.17) is 0 Å². The first kappa shape index (κ1) is 18.7. The van der Waals surface area contributed by atoms with Gasteiger partial charge in [-0.3, -0.25) is 14.3 Å². The zero-order chi connectivity index (χ0) is 18.8. The van der Waals surface area contributed by atoms with Gasteiger partial charge < -0.3 is 5.11 Å². The Labute approximate surface area is 146 Å². The van der Waals surface area contributed by atoms with Crippen LogP contribution in [0.4, 0.5) is 5.69 Å². The van der Waals surface area contributed by atoms with Crippen LogP contribution in [0.2, 0.25) is 0 Å². The lowest BCUT2D eigenvalue weighted by Gasteiger charge is -2.14.